The Morgan fingerprint density at radius 1 is 1.32 bits per heavy atom. The average Bonchev–Trinajstić information content (AvgIpc) is 2.78. The van der Waals surface area contributed by atoms with Crippen LogP contribution in [0.1, 0.15) is 13.8 Å². The van der Waals surface area contributed by atoms with E-state index in [9.17, 15) is 18.9 Å². The van der Waals surface area contributed by atoms with Gasteiger partial charge in [-0.05, 0) is 0 Å². The maximum atomic E-state index is 12.3. The zero-order chi connectivity index (χ0) is 14.6. The summed E-state index contributed by atoms with van der Waals surface area (Å²) in [6.07, 6.45) is 0.502. The lowest BCUT2D eigenvalue weighted by Gasteiger charge is -2.17. The fourth-order valence-corrected chi connectivity index (χ4v) is 3.35. The molecule has 1 atom stereocenters. The van der Waals surface area contributed by atoms with Gasteiger partial charge in [-0.2, -0.15) is 0 Å². The first-order chi connectivity index (χ1) is 8.87. The van der Waals surface area contributed by atoms with Crippen LogP contribution in [0.25, 0.3) is 0 Å². The number of hydrogen-bond acceptors (Lipinski definition) is 8. The minimum absolute atomic E-state index is 0.251. The third-order valence-electron chi connectivity index (χ3n) is 2.71. The quantitative estimate of drug-likeness (QED) is 0.308. The largest absolute Gasteiger partial charge is 0.793 e. The van der Waals surface area contributed by atoms with Crippen molar-refractivity contribution in [3.8, 4) is 0 Å². The van der Waals surface area contributed by atoms with Crippen molar-refractivity contribution in [2.45, 2.75) is 19.7 Å². The molecule has 0 N–H and O–H groups in total. The molecule has 1 aliphatic heterocycles. The van der Waals surface area contributed by atoms with Crippen LogP contribution in [0.4, 0.5) is 0 Å². The normalized spacial score (nSPS) is 19.0. The molecule has 1 aliphatic rings. The summed E-state index contributed by atoms with van der Waals surface area (Å²) in [4.78, 5) is 33.5. The molecule has 1 rings (SSSR count). The monoisotopic (exact) mass is 292 g/mol. The second-order valence-electron chi connectivity index (χ2n) is 3.70. The van der Waals surface area contributed by atoms with Crippen molar-refractivity contribution in [2.75, 3.05) is 19.4 Å². The molecule has 1 unspecified atom stereocenters. The van der Waals surface area contributed by atoms with Crippen LogP contribution < -0.4 is 0 Å². The van der Waals surface area contributed by atoms with Crippen LogP contribution >= 0.6 is 7.14 Å². The van der Waals surface area contributed by atoms with Crippen molar-refractivity contribution in [2.24, 2.45) is 0 Å². The lowest BCUT2D eigenvalue weighted by atomic mass is 10.2. The van der Waals surface area contributed by atoms with Gasteiger partial charge >= 0.3 is 25.2 Å². The topological polar surface area (TPSA) is 105 Å². The summed E-state index contributed by atoms with van der Waals surface area (Å²) in [7, 11) is -3.58. The number of methoxy groups -OCH3 is 1. The van der Waals surface area contributed by atoms with Crippen LogP contribution in [-0.4, -0.2) is 50.5 Å². The summed E-state index contributed by atoms with van der Waals surface area (Å²) in [6.45, 7) is 3.32. The van der Waals surface area contributed by atoms with Crippen LogP contribution in [0.2, 0.25) is 0 Å². The molecule has 0 saturated carbocycles. The SMILES string of the molecule is CCP(=O)(CC)C1OB(OC(=O)C(=O)OC)OC1=O. The van der Waals surface area contributed by atoms with Crippen molar-refractivity contribution in [1.82, 2.24) is 0 Å². The Labute approximate surface area is 110 Å². The Bertz CT molecular complexity index is 428. The molecule has 106 valence electrons. The number of carbonyl (C=O) groups is 3. The van der Waals surface area contributed by atoms with E-state index in [-0.39, 0.29) is 12.3 Å². The molecule has 0 radical (unpaired) electrons. The molecular formula is C9H14BO8P. The van der Waals surface area contributed by atoms with Gasteiger partial charge in [0.25, 0.3) is 0 Å². The summed E-state index contributed by atoms with van der Waals surface area (Å²) in [5, 5.41) is 0. The van der Waals surface area contributed by atoms with E-state index < -0.39 is 38.2 Å². The van der Waals surface area contributed by atoms with E-state index in [0.717, 1.165) is 7.11 Å². The van der Waals surface area contributed by atoms with Gasteiger partial charge in [0.2, 0.25) is 0 Å². The van der Waals surface area contributed by atoms with Crippen molar-refractivity contribution in [3.63, 3.8) is 0 Å². The van der Waals surface area contributed by atoms with Crippen molar-refractivity contribution >= 4 is 32.4 Å². The molecule has 0 aliphatic carbocycles. The Kier molecular flexibility index (Phi) is 5.14. The van der Waals surface area contributed by atoms with Crippen LogP contribution in [0.3, 0.4) is 0 Å². The first-order valence-electron chi connectivity index (χ1n) is 5.60. The van der Waals surface area contributed by atoms with Gasteiger partial charge in [0.15, 0.2) is 5.85 Å². The molecule has 10 heteroatoms. The number of rotatable bonds is 4. The van der Waals surface area contributed by atoms with E-state index in [4.69, 9.17) is 4.65 Å². The maximum Gasteiger partial charge on any atom is 0.793 e. The van der Waals surface area contributed by atoms with Crippen molar-refractivity contribution < 1.29 is 37.6 Å². The molecule has 0 aromatic carbocycles. The van der Waals surface area contributed by atoms with E-state index in [0.29, 0.717) is 0 Å². The summed E-state index contributed by atoms with van der Waals surface area (Å²) in [5.74, 6) is -4.74. The van der Waals surface area contributed by atoms with Gasteiger partial charge in [-0.1, -0.05) is 13.8 Å². The van der Waals surface area contributed by atoms with E-state index in [2.05, 4.69) is 14.0 Å². The molecule has 1 fully saturated rings. The minimum atomic E-state index is -2.90. The zero-order valence-electron chi connectivity index (χ0n) is 10.8. The highest BCUT2D eigenvalue weighted by Crippen LogP contribution is 2.52. The molecule has 8 nitrogen and oxygen atoms in total. The highest BCUT2D eigenvalue weighted by atomic mass is 31.2. The Morgan fingerprint density at radius 2 is 1.89 bits per heavy atom. The number of esters is 1. The number of carbonyl (C=O) groups excluding carboxylic acids is 3. The predicted octanol–water partition coefficient (Wildman–Crippen LogP) is -0.0101. The van der Waals surface area contributed by atoms with Gasteiger partial charge in [-0.15, -0.1) is 0 Å². The summed E-state index contributed by atoms with van der Waals surface area (Å²) in [6, 6.07) is 0. The number of hydrogen-bond donors (Lipinski definition) is 0. The summed E-state index contributed by atoms with van der Waals surface area (Å²) < 4.78 is 30.5. The third kappa shape index (κ3) is 3.36. The first-order valence-corrected chi connectivity index (χ1v) is 7.75. The lowest BCUT2D eigenvalue weighted by molar-refractivity contribution is -0.161. The van der Waals surface area contributed by atoms with Crippen LogP contribution in [-0.2, 0) is 37.6 Å². The third-order valence-corrected chi connectivity index (χ3v) is 6.04. The lowest BCUT2D eigenvalue weighted by Crippen LogP contribution is -2.30. The second kappa shape index (κ2) is 6.21. The Hall–Kier alpha value is -1.34. The fourth-order valence-electron chi connectivity index (χ4n) is 1.47. The van der Waals surface area contributed by atoms with Gasteiger partial charge in [0, 0.05) is 12.3 Å². The smallest absolute Gasteiger partial charge is 0.471 e. The minimum Gasteiger partial charge on any atom is -0.471 e. The van der Waals surface area contributed by atoms with E-state index >= 15 is 0 Å². The van der Waals surface area contributed by atoms with Crippen molar-refractivity contribution in [1.29, 1.82) is 0 Å². The summed E-state index contributed by atoms with van der Waals surface area (Å²) >= 11 is 0. The Morgan fingerprint density at radius 3 is 2.37 bits per heavy atom. The molecule has 0 aromatic rings. The highest BCUT2D eigenvalue weighted by molar-refractivity contribution is 7.65. The maximum absolute atomic E-state index is 12.3. The van der Waals surface area contributed by atoms with Gasteiger partial charge in [-0.3, -0.25) is 4.79 Å². The number of ether oxygens (including phenoxy) is 1. The molecule has 0 aromatic heterocycles. The first kappa shape index (κ1) is 15.7. The highest BCUT2D eigenvalue weighted by Gasteiger charge is 2.52. The predicted molar refractivity (Wildman–Crippen MR) is 63.5 cm³/mol. The zero-order valence-corrected chi connectivity index (χ0v) is 11.7. The molecule has 0 spiro atoms. The molecule has 0 amide bonds. The molecular weight excluding hydrogens is 278 g/mol. The van der Waals surface area contributed by atoms with Gasteiger partial charge in [-0.25, -0.2) is 9.59 Å². The van der Waals surface area contributed by atoms with Gasteiger partial charge < -0.3 is 23.3 Å². The van der Waals surface area contributed by atoms with E-state index in [1.807, 2.05) is 0 Å². The van der Waals surface area contributed by atoms with Crippen LogP contribution in [0, 0.1) is 0 Å². The molecule has 1 heterocycles. The van der Waals surface area contributed by atoms with Crippen LogP contribution in [0.5, 0.6) is 0 Å². The second-order valence-corrected chi connectivity index (χ2v) is 7.33. The standard InChI is InChI=1S/C9H14BO8P/c1-4-19(14,5-2)9-8(13)17-10(18-9)16-7(12)6(11)15-3/h9H,4-5H2,1-3H3. The van der Waals surface area contributed by atoms with Gasteiger partial charge in [0.1, 0.15) is 7.14 Å². The van der Waals surface area contributed by atoms with E-state index in [1.54, 1.807) is 13.8 Å². The van der Waals surface area contributed by atoms with E-state index in [1.165, 1.54) is 0 Å². The van der Waals surface area contributed by atoms with Crippen molar-refractivity contribution in [3.05, 3.63) is 0 Å². The Balaban J connectivity index is 2.70. The molecule has 1 saturated heterocycles. The molecule has 19 heavy (non-hydrogen) atoms. The van der Waals surface area contributed by atoms with Gasteiger partial charge in [0.05, 0.1) is 7.11 Å². The molecule has 0 bridgehead atoms. The fraction of sp³-hybridized carbons (Fsp3) is 0.667. The average molecular weight is 292 g/mol. The summed E-state index contributed by atoms with van der Waals surface area (Å²) in [5.41, 5.74) is 0. The van der Waals surface area contributed by atoms with Crippen LogP contribution in [0.15, 0.2) is 0 Å².